The molecule has 0 amide bonds. The van der Waals surface area contributed by atoms with Crippen molar-refractivity contribution in [2.45, 2.75) is 6.92 Å². The van der Waals surface area contributed by atoms with E-state index in [0.29, 0.717) is 0 Å². The van der Waals surface area contributed by atoms with Crippen LogP contribution in [0.4, 0.5) is 0 Å². The van der Waals surface area contributed by atoms with Crippen molar-refractivity contribution < 1.29 is 4.43 Å². The maximum absolute atomic E-state index is 7.12. The van der Waals surface area contributed by atoms with Gasteiger partial charge in [-0.2, -0.15) is 0 Å². The largest absolute Gasteiger partial charge is 0.529 e. The van der Waals surface area contributed by atoms with Crippen LogP contribution in [-0.2, 0) is 0 Å². The van der Waals surface area contributed by atoms with Gasteiger partial charge in [0.25, 0.3) is 0 Å². The molecular weight excluding hydrogens is 504 g/mol. The van der Waals surface area contributed by atoms with Crippen LogP contribution in [-0.4, -0.2) is 8.32 Å². The lowest BCUT2D eigenvalue weighted by Crippen LogP contribution is -2.71. The summed E-state index contributed by atoms with van der Waals surface area (Å²) in [5.41, 5.74) is 1.17. The summed E-state index contributed by atoms with van der Waals surface area (Å²) >= 11 is 7.47. The molecule has 0 aromatic heterocycles. The second-order valence-electron chi connectivity index (χ2n) is 6.94. The maximum Gasteiger partial charge on any atom is 0.347 e. The van der Waals surface area contributed by atoms with Gasteiger partial charge in [0.05, 0.1) is 8.95 Å². The van der Waals surface area contributed by atoms with Gasteiger partial charge >= 0.3 is 8.32 Å². The molecule has 0 spiro atoms. The zero-order valence-electron chi connectivity index (χ0n) is 16.0. The van der Waals surface area contributed by atoms with Gasteiger partial charge in [-0.15, -0.1) is 0 Å². The summed E-state index contributed by atoms with van der Waals surface area (Å²) in [5.74, 6) is 0.832. The van der Waals surface area contributed by atoms with Gasteiger partial charge < -0.3 is 4.43 Å². The Morgan fingerprint density at radius 1 is 0.586 bits per heavy atom. The van der Waals surface area contributed by atoms with E-state index in [0.717, 1.165) is 14.7 Å². The van der Waals surface area contributed by atoms with Crippen LogP contribution in [0.5, 0.6) is 5.75 Å². The topological polar surface area (TPSA) is 9.23 Å². The summed E-state index contributed by atoms with van der Waals surface area (Å²) in [4.78, 5) is 0. The first kappa shape index (κ1) is 20.1. The molecule has 0 unspecified atom stereocenters. The second kappa shape index (κ2) is 8.70. The first-order chi connectivity index (χ1) is 14.1. The molecule has 1 nitrogen and oxygen atoms in total. The van der Waals surface area contributed by atoms with Crippen LogP contribution < -0.4 is 20.0 Å². The van der Waals surface area contributed by atoms with E-state index < -0.39 is 8.32 Å². The van der Waals surface area contributed by atoms with E-state index in [2.05, 4.69) is 142 Å². The third kappa shape index (κ3) is 3.97. The molecule has 4 heteroatoms. The molecule has 0 atom stereocenters. The fourth-order valence-electron chi connectivity index (χ4n) is 3.63. The van der Waals surface area contributed by atoms with Gasteiger partial charge in [-0.1, -0.05) is 91.0 Å². The third-order valence-corrected chi connectivity index (χ3v) is 10.1. The second-order valence-corrected chi connectivity index (χ2v) is 11.9. The molecule has 4 rings (SSSR count). The van der Waals surface area contributed by atoms with Crippen LogP contribution in [0.25, 0.3) is 0 Å². The zero-order valence-corrected chi connectivity index (χ0v) is 20.2. The molecule has 0 aliphatic rings. The highest BCUT2D eigenvalue weighted by Crippen LogP contribution is 2.36. The highest BCUT2D eigenvalue weighted by molar-refractivity contribution is 9.11. The van der Waals surface area contributed by atoms with Gasteiger partial charge in [0.15, 0.2) is 0 Å². The van der Waals surface area contributed by atoms with Gasteiger partial charge in [-0.3, -0.25) is 0 Å². The molecule has 0 aliphatic carbocycles. The smallest absolute Gasteiger partial charge is 0.347 e. The van der Waals surface area contributed by atoms with Crippen LogP contribution in [0.3, 0.4) is 0 Å². The summed E-state index contributed by atoms with van der Waals surface area (Å²) in [6.07, 6.45) is 0. The Morgan fingerprint density at radius 2 is 0.931 bits per heavy atom. The minimum Gasteiger partial charge on any atom is -0.529 e. The molecule has 0 bridgehead atoms. The Kier molecular flexibility index (Phi) is 6.04. The number of hydrogen-bond acceptors (Lipinski definition) is 1. The average molecular weight is 524 g/mol. The fourth-order valence-corrected chi connectivity index (χ4v) is 9.37. The summed E-state index contributed by atoms with van der Waals surface area (Å²) in [6, 6.07) is 36.0. The number of aryl methyl sites for hydroxylation is 1. The van der Waals surface area contributed by atoms with Crippen molar-refractivity contribution in [3.63, 3.8) is 0 Å². The molecule has 0 saturated heterocycles. The van der Waals surface area contributed by atoms with Gasteiger partial charge in [-0.05, 0) is 72.0 Å². The predicted molar refractivity (Wildman–Crippen MR) is 131 cm³/mol. The van der Waals surface area contributed by atoms with Gasteiger partial charge in [-0.25, -0.2) is 0 Å². The Hall–Kier alpha value is -2.14. The van der Waals surface area contributed by atoms with E-state index in [1.807, 2.05) is 0 Å². The first-order valence-electron chi connectivity index (χ1n) is 9.42. The van der Waals surface area contributed by atoms with Crippen molar-refractivity contribution in [2.24, 2.45) is 0 Å². The Balaban J connectivity index is 2.04. The maximum atomic E-state index is 7.12. The molecule has 4 aromatic carbocycles. The normalized spacial score (nSPS) is 11.3. The van der Waals surface area contributed by atoms with Crippen molar-refractivity contribution >= 4 is 55.7 Å². The van der Waals surface area contributed by atoms with E-state index >= 15 is 0 Å². The third-order valence-electron chi connectivity index (χ3n) is 4.94. The molecule has 0 fully saturated rings. The molecule has 29 heavy (non-hydrogen) atoms. The average Bonchev–Trinajstić information content (AvgIpc) is 2.75. The van der Waals surface area contributed by atoms with E-state index in [-0.39, 0.29) is 0 Å². The van der Waals surface area contributed by atoms with Crippen LogP contribution in [0.2, 0.25) is 0 Å². The van der Waals surface area contributed by atoms with E-state index in [1.54, 1.807) is 0 Å². The van der Waals surface area contributed by atoms with Crippen LogP contribution in [0.15, 0.2) is 112 Å². The Bertz CT molecular complexity index is 980. The van der Waals surface area contributed by atoms with Crippen LogP contribution in [0.1, 0.15) is 5.56 Å². The monoisotopic (exact) mass is 522 g/mol. The van der Waals surface area contributed by atoms with E-state index in [9.17, 15) is 0 Å². The minimum absolute atomic E-state index is 0.832. The van der Waals surface area contributed by atoms with Gasteiger partial charge in [0, 0.05) is 0 Å². The molecular formula is C25H20Br2OSi. The SMILES string of the molecule is Cc1cc(Br)c(O[Si](c2ccccc2)(c2ccccc2)c2ccccc2)c(Br)c1. The summed E-state index contributed by atoms with van der Waals surface area (Å²) in [5, 5.41) is 3.62. The molecule has 0 radical (unpaired) electrons. The van der Waals surface area contributed by atoms with E-state index in [1.165, 1.54) is 21.1 Å². The number of halogens is 2. The predicted octanol–water partition coefficient (Wildman–Crippen LogP) is 5.57. The lowest BCUT2D eigenvalue weighted by Gasteiger charge is -2.34. The standard InChI is InChI=1S/C25H20Br2OSi/c1-19-17-23(26)25(24(27)18-19)28-29(20-11-5-2-6-12-20,21-13-7-3-8-14-21)22-15-9-4-10-16-22/h2-18H,1H3. The zero-order chi connectivity index (χ0) is 20.3. The van der Waals surface area contributed by atoms with E-state index in [4.69, 9.17) is 4.43 Å². The van der Waals surface area contributed by atoms with Crippen molar-refractivity contribution in [3.8, 4) is 5.75 Å². The van der Waals surface area contributed by atoms with Crippen molar-refractivity contribution in [3.05, 3.63) is 118 Å². The van der Waals surface area contributed by atoms with Gasteiger partial charge in [0.1, 0.15) is 5.75 Å². The van der Waals surface area contributed by atoms with Crippen molar-refractivity contribution in [2.75, 3.05) is 0 Å². The molecule has 0 N–H and O–H groups in total. The summed E-state index contributed by atoms with van der Waals surface area (Å²) in [7, 11) is -2.80. The minimum atomic E-state index is -2.80. The highest BCUT2D eigenvalue weighted by atomic mass is 79.9. The Morgan fingerprint density at radius 3 is 1.28 bits per heavy atom. The molecule has 4 aromatic rings. The van der Waals surface area contributed by atoms with Crippen molar-refractivity contribution in [1.82, 2.24) is 0 Å². The quantitative estimate of drug-likeness (QED) is 0.245. The molecule has 0 saturated carbocycles. The first-order valence-corrected chi connectivity index (χ1v) is 12.9. The number of rotatable bonds is 5. The summed E-state index contributed by atoms with van der Waals surface area (Å²) in [6.45, 7) is 2.08. The van der Waals surface area contributed by atoms with Crippen LogP contribution >= 0.6 is 31.9 Å². The lowest BCUT2D eigenvalue weighted by molar-refractivity contribution is 0.569. The fraction of sp³-hybridized carbons (Fsp3) is 0.0400. The number of hydrogen-bond donors (Lipinski definition) is 0. The van der Waals surface area contributed by atoms with Gasteiger partial charge in [0.2, 0.25) is 0 Å². The molecule has 0 aliphatic heterocycles. The van der Waals surface area contributed by atoms with Crippen LogP contribution in [0, 0.1) is 6.92 Å². The van der Waals surface area contributed by atoms with Crippen molar-refractivity contribution in [1.29, 1.82) is 0 Å². The molecule has 144 valence electrons. The highest BCUT2D eigenvalue weighted by Gasteiger charge is 2.44. The summed E-state index contributed by atoms with van der Waals surface area (Å²) < 4.78 is 9.02. The Labute approximate surface area is 189 Å². The lowest BCUT2D eigenvalue weighted by atomic mass is 10.2. The number of benzene rings is 4. The molecule has 0 heterocycles.